The van der Waals surface area contributed by atoms with Crippen molar-refractivity contribution in [2.45, 2.75) is 26.1 Å². The topological polar surface area (TPSA) is 138 Å². The van der Waals surface area contributed by atoms with Crippen LogP contribution in [0.1, 0.15) is 33.2 Å². The molecule has 3 aromatic carbocycles. The molecule has 1 saturated heterocycles. The number of carbonyl (C=O) groups excluding carboxylic acids is 4. The molecular weight excluding hydrogens is 681 g/mol. The first kappa shape index (κ1) is 33.2. The smallest absolute Gasteiger partial charge is 0.251 e. The van der Waals surface area contributed by atoms with Gasteiger partial charge in [-0.25, -0.2) is 24.4 Å². The van der Waals surface area contributed by atoms with Crippen molar-refractivity contribution in [3.05, 3.63) is 101 Å². The monoisotopic (exact) mass is 713 g/mol. The van der Waals surface area contributed by atoms with Crippen molar-refractivity contribution >= 4 is 73.1 Å². The van der Waals surface area contributed by atoms with E-state index in [1.54, 1.807) is 52.3 Å². The number of halogens is 2. The number of amides is 3. The van der Waals surface area contributed by atoms with Gasteiger partial charge in [-0.1, -0.05) is 29.8 Å². The van der Waals surface area contributed by atoms with Crippen LogP contribution in [0.5, 0.6) is 0 Å². The summed E-state index contributed by atoms with van der Waals surface area (Å²) in [6, 6.07) is 12.5. The molecule has 3 amide bonds. The van der Waals surface area contributed by atoms with Gasteiger partial charge in [-0.2, -0.15) is 0 Å². The molecule has 2 aliphatic rings. The summed E-state index contributed by atoms with van der Waals surface area (Å²) >= 11 is 6.62. The number of fused-ring (bicyclic) bond motifs is 2. The molecule has 1 atom stereocenters. The summed E-state index contributed by atoms with van der Waals surface area (Å²) in [6.45, 7) is 1.63. The number of aromatic nitrogens is 3. The number of hydrogen-bond acceptors (Lipinski definition) is 7. The van der Waals surface area contributed by atoms with Gasteiger partial charge in [0.1, 0.15) is 18.9 Å². The summed E-state index contributed by atoms with van der Waals surface area (Å²) in [4.78, 5) is 62.1. The van der Waals surface area contributed by atoms with Gasteiger partial charge in [-0.3, -0.25) is 19.2 Å². The van der Waals surface area contributed by atoms with Gasteiger partial charge in [0, 0.05) is 62.9 Å². The summed E-state index contributed by atoms with van der Waals surface area (Å²) in [7, 11) is -1.36. The van der Waals surface area contributed by atoms with Crippen LogP contribution in [0.2, 0.25) is 5.02 Å². The Hall–Kier alpha value is -5.27. The average Bonchev–Trinajstić information content (AvgIpc) is 3.75. The van der Waals surface area contributed by atoms with Gasteiger partial charge in [0.05, 0.1) is 34.7 Å². The minimum atomic E-state index is -1.36. The van der Waals surface area contributed by atoms with Gasteiger partial charge in [0.2, 0.25) is 11.8 Å². The number of ketones is 1. The maximum atomic E-state index is 16.0. The molecule has 4 heterocycles. The van der Waals surface area contributed by atoms with E-state index in [0.717, 1.165) is 5.69 Å². The normalized spacial score (nSPS) is 16.9. The zero-order chi connectivity index (χ0) is 35.3. The SMILES string of the molecule is CC(=O)c1cn(CC(=O)N2CS(C)(C)C[C@H]2C(=O)Nc2cccc(-c3ccc4c(c3Cl)CNC4=O)c2F)c2ccc(Nc3cncnc3)cc12. The summed E-state index contributed by atoms with van der Waals surface area (Å²) in [5.74, 6) is -0.998. The number of carbonyl (C=O) groups is 4. The zero-order valence-corrected chi connectivity index (χ0v) is 29.0. The Morgan fingerprint density at radius 2 is 1.80 bits per heavy atom. The van der Waals surface area contributed by atoms with Gasteiger partial charge in [0.15, 0.2) is 11.6 Å². The standard InChI is InChI=1S/C36H33ClFN7O4S/c1-20(46)28-15-44(30-10-7-21(11-26(28)30)42-22-12-39-18-40-13-22)16-32(47)45-19-50(2,3)17-31(45)36(49)43-29-6-4-5-24(34(29)38)23-8-9-25-27(33(23)37)14-41-35(25)48/h4-13,15,18,31,42H,14,16-17,19H2,1-3H3,(H,41,48)(H,43,49)/t31-/m0/s1. The minimum absolute atomic E-state index is 0.0423. The van der Waals surface area contributed by atoms with Gasteiger partial charge < -0.3 is 25.4 Å². The number of Topliss-reactive ketones (excluding diaryl/α,β-unsaturated/α-hetero) is 1. The van der Waals surface area contributed by atoms with Crippen LogP contribution in [0.15, 0.2) is 73.4 Å². The van der Waals surface area contributed by atoms with E-state index in [4.69, 9.17) is 11.6 Å². The van der Waals surface area contributed by atoms with Crippen molar-refractivity contribution in [1.29, 1.82) is 0 Å². The van der Waals surface area contributed by atoms with E-state index in [0.29, 0.717) is 50.5 Å². The van der Waals surface area contributed by atoms with Crippen molar-refractivity contribution in [1.82, 2.24) is 24.8 Å². The van der Waals surface area contributed by atoms with Crippen molar-refractivity contribution in [3.8, 4) is 11.1 Å². The Labute approximate surface area is 293 Å². The number of benzene rings is 3. The first-order valence-corrected chi connectivity index (χ1v) is 18.9. The fraction of sp³-hybridized carbons (Fsp3) is 0.222. The van der Waals surface area contributed by atoms with Crippen molar-refractivity contribution in [2.24, 2.45) is 0 Å². The van der Waals surface area contributed by atoms with Crippen LogP contribution in [-0.2, 0) is 22.7 Å². The number of nitrogens with zero attached hydrogens (tertiary/aromatic N) is 4. The predicted molar refractivity (Wildman–Crippen MR) is 194 cm³/mol. The third-order valence-electron chi connectivity index (χ3n) is 8.97. The second kappa shape index (κ2) is 12.9. The lowest BCUT2D eigenvalue weighted by Crippen LogP contribution is -2.45. The quantitative estimate of drug-likeness (QED) is 0.169. The Kier molecular flexibility index (Phi) is 8.56. The highest BCUT2D eigenvalue weighted by molar-refractivity contribution is 8.32. The van der Waals surface area contributed by atoms with Crippen LogP contribution in [0.3, 0.4) is 0 Å². The van der Waals surface area contributed by atoms with Crippen LogP contribution in [0.25, 0.3) is 22.0 Å². The molecular formula is C36H33ClFN7O4S. The van der Waals surface area contributed by atoms with Crippen LogP contribution >= 0.6 is 21.6 Å². The maximum Gasteiger partial charge on any atom is 0.251 e. The number of nitrogens with one attached hydrogen (secondary N) is 3. The van der Waals surface area contributed by atoms with Crippen molar-refractivity contribution in [2.75, 3.05) is 34.8 Å². The lowest BCUT2D eigenvalue weighted by atomic mass is 9.99. The van der Waals surface area contributed by atoms with Crippen LogP contribution in [0, 0.1) is 5.82 Å². The Morgan fingerprint density at radius 3 is 2.56 bits per heavy atom. The van der Waals surface area contributed by atoms with E-state index in [1.807, 2.05) is 18.2 Å². The zero-order valence-electron chi connectivity index (χ0n) is 27.4. The highest BCUT2D eigenvalue weighted by atomic mass is 35.5. The number of anilines is 3. The van der Waals surface area contributed by atoms with Gasteiger partial charge >= 0.3 is 0 Å². The maximum absolute atomic E-state index is 16.0. The summed E-state index contributed by atoms with van der Waals surface area (Å²) in [6.07, 6.45) is 10.5. The molecule has 256 valence electrons. The molecule has 3 N–H and O–H groups in total. The fourth-order valence-electron chi connectivity index (χ4n) is 6.58. The highest BCUT2D eigenvalue weighted by Gasteiger charge is 2.41. The molecule has 14 heteroatoms. The van der Waals surface area contributed by atoms with Crippen LogP contribution in [-0.4, -0.2) is 73.1 Å². The summed E-state index contributed by atoms with van der Waals surface area (Å²) in [5, 5.41) is 9.62. The molecule has 0 saturated carbocycles. The van der Waals surface area contributed by atoms with Gasteiger partial charge in [-0.15, -0.1) is 0 Å². The molecule has 0 bridgehead atoms. The van der Waals surface area contributed by atoms with E-state index in [1.165, 1.54) is 19.3 Å². The van der Waals surface area contributed by atoms with E-state index >= 15 is 4.39 Å². The summed E-state index contributed by atoms with van der Waals surface area (Å²) in [5.41, 5.74) is 4.14. The van der Waals surface area contributed by atoms with E-state index in [-0.39, 0.29) is 47.0 Å². The molecule has 0 spiro atoms. The van der Waals surface area contributed by atoms with Crippen LogP contribution in [0.4, 0.5) is 21.5 Å². The molecule has 50 heavy (non-hydrogen) atoms. The molecule has 2 aromatic heterocycles. The van der Waals surface area contributed by atoms with E-state index in [9.17, 15) is 19.2 Å². The minimum Gasteiger partial charge on any atom is -0.353 e. The Morgan fingerprint density at radius 1 is 1.04 bits per heavy atom. The number of rotatable bonds is 8. The first-order valence-electron chi connectivity index (χ1n) is 15.7. The Bertz CT molecular complexity index is 2230. The van der Waals surface area contributed by atoms with Crippen molar-refractivity contribution < 1.29 is 23.6 Å². The molecule has 0 aliphatic carbocycles. The van der Waals surface area contributed by atoms with Crippen molar-refractivity contribution in [3.63, 3.8) is 0 Å². The highest BCUT2D eigenvalue weighted by Crippen LogP contribution is 2.48. The predicted octanol–water partition coefficient (Wildman–Crippen LogP) is 5.95. The second-order valence-electron chi connectivity index (χ2n) is 12.9. The lowest BCUT2D eigenvalue weighted by Gasteiger charge is -2.25. The third kappa shape index (κ3) is 6.18. The van der Waals surface area contributed by atoms with E-state index < -0.39 is 27.8 Å². The third-order valence-corrected chi connectivity index (χ3v) is 11.6. The summed E-state index contributed by atoms with van der Waals surface area (Å²) < 4.78 is 17.7. The molecule has 11 nitrogen and oxygen atoms in total. The second-order valence-corrected chi connectivity index (χ2v) is 17.4. The molecule has 0 unspecified atom stereocenters. The fourth-order valence-corrected chi connectivity index (χ4v) is 9.29. The molecule has 0 radical (unpaired) electrons. The van der Waals surface area contributed by atoms with Gasteiger partial charge in [-0.05, 0) is 49.8 Å². The molecule has 5 aromatic rings. The van der Waals surface area contributed by atoms with Crippen LogP contribution < -0.4 is 16.0 Å². The largest absolute Gasteiger partial charge is 0.353 e. The average molecular weight is 714 g/mol. The number of hydrogen-bond donors (Lipinski definition) is 3. The first-order chi connectivity index (χ1) is 23.9. The lowest BCUT2D eigenvalue weighted by molar-refractivity contribution is -0.136. The Balaban J connectivity index is 1.13. The van der Waals surface area contributed by atoms with E-state index in [2.05, 4.69) is 38.4 Å². The molecule has 2 aliphatic heterocycles. The van der Waals surface area contributed by atoms with Gasteiger partial charge in [0.25, 0.3) is 5.91 Å². The molecule has 7 rings (SSSR count). The molecule has 1 fully saturated rings.